The lowest BCUT2D eigenvalue weighted by Crippen LogP contribution is -2.32. The Bertz CT molecular complexity index is 689. The van der Waals surface area contributed by atoms with E-state index in [1.807, 2.05) is 0 Å². The van der Waals surface area contributed by atoms with Crippen LogP contribution in [0.25, 0.3) is 0 Å². The molecule has 1 amide bonds. The van der Waals surface area contributed by atoms with E-state index in [4.69, 9.17) is 5.73 Å². The summed E-state index contributed by atoms with van der Waals surface area (Å²) >= 11 is 3.28. The number of halogens is 1. The van der Waals surface area contributed by atoms with E-state index >= 15 is 0 Å². The molecule has 0 spiro atoms. The number of sulfonamides is 1. The molecular weight excluding hydrogens is 346 g/mol. The van der Waals surface area contributed by atoms with Gasteiger partial charge in [-0.2, -0.15) is 4.31 Å². The molecule has 3 rings (SSSR count). The third-order valence-electron chi connectivity index (χ3n) is 3.59. The summed E-state index contributed by atoms with van der Waals surface area (Å²) in [5.41, 5.74) is 7.15. The zero-order chi connectivity index (χ0) is 14.5. The summed E-state index contributed by atoms with van der Waals surface area (Å²) in [5, 5.41) is 2.70. The summed E-state index contributed by atoms with van der Waals surface area (Å²) in [4.78, 5) is 11.6. The van der Waals surface area contributed by atoms with Crippen molar-refractivity contribution in [3.05, 3.63) is 22.2 Å². The van der Waals surface area contributed by atoms with Gasteiger partial charge in [0, 0.05) is 29.3 Å². The summed E-state index contributed by atoms with van der Waals surface area (Å²) in [6, 6.07) is 3.10. The molecule has 6 nitrogen and oxygen atoms in total. The highest BCUT2D eigenvalue weighted by molar-refractivity contribution is 9.10. The molecule has 1 unspecified atom stereocenters. The first-order valence-corrected chi connectivity index (χ1v) is 8.49. The van der Waals surface area contributed by atoms with Crippen LogP contribution in [0, 0.1) is 0 Å². The predicted octanol–water partition coefficient (Wildman–Crippen LogP) is 0.665. The van der Waals surface area contributed by atoms with Gasteiger partial charge in [-0.1, -0.05) is 0 Å². The van der Waals surface area contributed by atoms with Crippen LogP contribution in [0.2, 0.25) is 0 Å². The van der Waals surface area contributed by atoms with Crippen molar-refractivity contribution in [2.24, 2.45) is 5.73 Å². The summed E-state index contributed by atoms with van der Waals surface area (Å²) < 4.78 is 27.1. The molecule has 2 aliphatic heterocycles. The number of fused-ring (bicyclic) bond motifs is 1. The maximum Gasteiger partial charge on any atom is 0.244 e. The van der Waals surface area contributed by atoms with Crippen LogP contribution in [0.3, 0.4) is 0 Å². The number of hydrogen-bond donors (Lipinski definition) is 2. The lowest BCUT2D eigenvalue weighted by molar-refractivity contribution is -0.115. The van der Waals surface area contributed by atoms with Gasteiger partial charge in [0.2, 0.25) is 15.9 Å². The maximum atomic E-state index is 12.6. The standard InChI is InChI=1S/C12H14BrN3O3S/c13-9-5-10-7(4-12(17)15-10)3-11(9)20(18,19)16-2-1-8(14)6-16/h3,5,8H,1-2,4,6,14H2,(H,15,17). The van der Waals surface area contributed by atoms with Crippen molar-refractivity contribution < 1.29 is 13.2 Å². The molecule has 2 heterocycles. The van der Waals surface area contributed by atoms with Crippen molar-refractivity contribution in [2.75, 3.05) is 18.4 Å². The molecule has 0 bridgehead atoms. The van der Waals surface area contributed by atoms with E-state index < -0.39 is 10.0 Å². The highest BCUT2D eigenvalue weighted by atomic mass is 79.9. The van der Waals surface area contributed by atoms with Gasteiger partial charge in [-0.05, 0) is 40.0 Å². The Morgan fingerprint density at radius 1 is 1.40 bits per heavy atom. The smallest absolute Gasteiger partial charge is 0.244 e. The molecule has 3 N–H and O–H groups in total. The van der Waals surface area contributed by atoms with Crippen LogP contribution in [0.1, 0.15) is 12.0 Å². The van der Waals surface area contributed by atoms with Crippen molar-refractivity contribution >= 4 is 37.5 Å². The minimum absolute atomic E-state index is 0.110. The van der Waals surface area contributed by atoms with Crippen LogP contribution < -0.4 is 11.1 Å². The molecule has 0 saturated carbocycles. The Morgan fingerprint density at radius 2 is 2.15 bits per heavy atom. The van der Waals surface area contributed by atoms with E-state index in [0.29, 0.717) is 35.2 Å². The first kappa shape index (κ1) is 14.0. The molecule has 2 aliphatic rings. The topological polar surface area (TPSA) is 92.5 Å². The minimum atomic E-state index is -3.57. The Hall–Kier alpha value is -0.960. The molecule has 0 aliphatic carbocycles. The lowest BCUT2D eigenvalue weighted by atomic mass is 10.2. The molecule has 1 aromatic carbocycles. The predicted molar refractivity (Wildman–Crippen MR) is 77.8 cm³/mol. The summed E-state index contributed by atoms with van der Waals surface area (Å²) in [5.74, 6) is -0.121. The van der Waals surface area contributed by atoms with Gasteiger partial charge in [-0.3, -0.25) is 4.79 Å². The van der Waals surface area contributed by atoms with E-state index in [1.54, 1.807) is 12.1 Å². The molecule has 1 fully saturated rings. The van der Waals surface area contributed by atoms with Gasteiger partial charge in [0.1, 0.15) is 0 Å². The van der Waals surface area contributed by atoms with E-state index in [-0.39, 0.29) is 23.3 Å². The maximum absolute atomic E-state index is 12.6. The number of anilines is 1. The van der Waals surface area contributed by atoms with E-state index in [1.165, 1.54) is 4.31 Å². The van der Waals surface area contributed by atoms with Gasteiger partial charge in [0.25, 0.3) is 0 Å². The number of rotatable bonds is 2. The van der Waals surface area contributed by atoms with Gasteiger partial charge in [-0.25, -0.2) is 8.42 Å². The number of nitrogens with zero attached hydrogens (tertiary/aromatic N) is 1. The van der Waals surface area contributed by atoms with Crippen molar-refractivity contribution in [1.82, 2.24) is 4.31 Å². The van der Waals surface area contributed by atoms with Gasteiger partial charge < -0.3 is 11.1 Å². The second-order valence-corrected chi connectivity index (χ2v) is 7.84. The highest BCUT2D eigenvalue weighted by Crippen LogP contribution is 2.34. The molecular formula is C12H14BrN3O3S. The number of carbonyl (C=O) groups excluding carboxylic acids is 1. The first-order valence-electron chi connectivity index (χ1n) is 6.26. The third kappa shape index (κ3) is 2.26. The van der Waals surface area contributed by atoms with Crippen molar-refractivity contribution in [3.63, 3.8) is 0 Å². The fourth-order valence-corrected chi connectivity index (χ4v) is 5.10. The highest BCUT2D eigenvalue weighted by Gasteiger charge is 2.33. The second-order valence-electron chi connectivity index (χ2n) is 5.08. The zero-order valence-corrected chi connectivity index (χ0v) is 13.0. The molecule has 0 aromatic heterocycles. The Labute approximate surface area is 125 Å². The van der Waals surface area contributed by atoms with Crippen molar-refractivity contribution in [1.29, 1.82) is 0 Å². The van der Waals surface area contributed by atoms with Crippen LogP contribution in [-0.4, -0.2) is 37.8 Å². The van der Waals surface area contributed by atoms with E-state index in [0.717, 1.165) is 0 Å². The Kier molecular flexibility index (Phi) is 3.36. The van der Waals surface area contributed by atoms with Crippen LogP contribution in [0.4, 0.5) is 5.69 Å². The average molecular weight is 360 g/mol. The minimum Gasteiger partial charge on any atom is -0.326 e. The lowest BCUT2D eigenvalue weighted by Gasteiger charge is -2.17. The number of benzene rings is 1. The monoisotopic (exact) mass is 359 g/mol. The molecule has 20 heavy (non-hydrogen) atoms. The van der Waals surface area contributed by atoms with Crippen LogP contribution in [0.5, 0.6) is 0 Å². The summed E-state index contributed by atoms with van der Waals surface area (Å²) in [6.07, 6.45) is 0.881. The molecule has 0 radical (unpaired) electrons. The molecule has 1 saturated heterocycles. The first-order chi connectivity index (χ1) is 9.38. The summed E-state index contributed by atoms with van der Waals surface area (Å²) in [6.45, 7) is 0.771. The van der Waals surface area contributed by atoms with E-state index in [2.05, 4.69) is 21.2 Å². The molecule has 108 valence electrons. The number of carbonyl (C=O) groups is 1. The zero-order valence-electron chi connectivity index (χ0n) is 10.6. The number of nitrogens with one attached hydrogen (secondary N) is 1. The fourth-order valence-electron chi connectivity index (χ4n) is 2.53. The normalized spacial score (nSPS) is 22.9. The van der Waals surface area contributed by atoms with E-state index in [9.17, 15) is 13.2 Å². The third-order valence-corrected chi connectivity index (χ3v) is 6.41. The fraction of sp³-hybridized carbons (Fsp3) is 0.417. The van der Waals surface area contributed by atoms with Crippen molar-refractivity contribution in [2.45, 2.75) is 23.8 Å². The quantitative estimate of drug-likeness (QED) is 0.811. The summed E-state index contributed by atoms with van der Waals surface area (Å²) in [7, 11) is -3.57. The van der Waals surface area contributed by atoms with Gasteiger partial charge in [0.05, 0.1) is 11.3 Å². The molecule has 8 heteroatoms. The Morgan fingerprint density at radius 3 is 2.80 bits per heavy atom. The number of amides is 1. The number of hydrogen-bond acceptors (Lipinski definition) is 4. The van der Waals surface area contributed by atoms with Crippen LogP contribution in [0.15, 0.2) is 21.5 Å². The number of nitrogens with two attached hydrogens (primary N) is 1. The second kappa shape index (κ2) is 4.80. The van der Waals surface area contributed by atoms with Crippen molar-refractivity contribution in [3.8, 4) is 0 Å². The Balaban J connectivity index is 2.02. The van der Waals surface area contributed by atoms with Crippen LogP contribution >= 0.6 is 15.9 Å². The molecule has 1 aromatic rings. The molecule has 1 atom stereocenters. The van der Waals surface area contributed by atoms with Gasteiger partial charge in [-0.15, -0.1) is 0 Å². The SMILES string of the molecule is NC1CCN(S(=O)(=O)c2cc3c(cc2Br)NC(=O)C3)C1. The largest absolute Gasteiger partial charge is 0.326 e. The van der Waals surface area contributed by atoms with Crippen LogP contribution in [-0.2, 0) is 21.2 Å². The average Bonchev–Trinajstić information content (AvgIpc) is 2.93. The van der Waals surface area contributed by atoms with Gasteiger partial charge >= 0.3 is 0 Å². The van der Waals surface area contributed by atoms with Gasteiger partial charge in [0.15, 0.2) is 0 Å².